The molecule has 1 aromatic rings. The number of hydrogen-bond acceptors (Lipinski definition) is 4. The molecule has 3 heterocycles. The molecule has 0 saturated carbocycles. The maximum Gasteiger partial charge on any atom is 0.263 e. The van der Waals surface area contributed by atoms with Crippen LogP contribution in [0.15, 0.2) is 17.5 Å². The lowest BCUT2D eigenvalue weighted by Crippen LogP contribution is -2.50. The van der Waals surface area contributed by atoms with Crippen LogP contribution in [0.1, 0.15) is 28.9 Å². The third-order valence-corrected chi connectivity index (χ3v) is 5.93. The number of amides is 1. The Labute approximate surface area is 130 Å². The van der Waals surface area contributed by atoms with Gasteiger partial charge in [0.25, 0.3) is 5.91 Å². The Kier molecular flexibility index (Phi) is 4.62. The highest BCUT2D eigenvalue weighted by Gasteiger charge is 2.44. The number of rotatable bonds is 3. The van der Waals surface area contributed by atoms with Gasteiger partial charge in [0.1, 0.15) is 0 Å². The van der Waals surface area contributed by atoms with Crippen molar-refractivity contribution in [2.45, 2.75) is 19.3 Å². The lowest BCUT2D eigenvalue weighted by Gasteiger charge is -2.48. The molecule has 0 bridgehead atoms. The summed E-state index contributed by atoms with van der Waals surface area (Å²) in [4.78, 5) is 15.3. The summed E-state index contributed by atoms with van der Waals surface area (Å²) in [5.41, 5.74) is 0.306. The van der Waals surface area contributed by atoms with E-state index >= 15 is 0 Å². The van der Waals surface area contributed by atoms with E-state index in [1.807, 2.05) is 22.4 Å². The Balaban J connectivity index is 1.64. The number of methoxy groups -OCH3 is 1. The summed E-state index contributed by atoms with van der Waals surface area (Å²) in [6.07, 6.45) is 3.24. The molecule has 2 saturated heterocycles. The lowest BCUT2D eigenvalue weighted by molar-refractivity contribution is -0.0912. The van der Waals surface area contributed by atoms with Crippen molar-refractivity contribution in [3.63, 3.8) is 0 Å². The normalized spacial score (nSPS) is 25.2. The maximum absolute atomic E-state index is 12.4. The van der Waals surface area contributed by atoms with E-state index in [9.17, 15) is 4.79 Å². The van der Waals surface area contributed by atoms with Crippen molar-refractivity contribution in [1.82, 2.24) is 4.90 Å². The van der Waals surface area contributed by atoms with Gasteiger partial charge in [-0.15, -0.1) is 11.3 Å². The van der Waals surface area contributed by atoms with Gasteiger partial charge in [-0.05, 0) is 36.1 Å². The fourth-order valence-electron chi connectivity index (χ4n) is 3.68. The number of carbonyl (C=O) groups excluding carboxylic acids is 1. The van der Waals surface area contributed by atoms with Gasteiger partial charge in [0.2, 0.25) is 0 Å². The fourth-order valence-corrected chi connectivity index (χ4v) is 4.37. The van der Waals surface area contributed by atoms with Crippen LogP contribution < -0.4 is 0 Å². The Morgan fingerprint density at radius 1 is 1.48 bits per heavy atom. The van der Waals surface area contributed by atoms with Crippen LogP contribution in [0.2, 0.25) is 0 Å². The second-order valence-electron chi connectivity index (χ2n) is 6.11. The van der Waals surface area contributed by atoms with Crippen LogP contribution in [-0.4, -0.2) is 50.8 Å². The number of carbonyl (C=O) groups is 1. The zero-order valence-electron chi connectivity index (χ0n) is 12.5. The largest absolute Gasteiger partial charge is 0.384 e. The third kappa shape index (κ3) is 3.00. The molecule has 4 nitrogen and oxygen atoms in total. The number of hydrogen-bond donors (Lipinski definition) is 0. The molecule has 2 fully saturated rings. The van der Waals surface area contributed by atoms with E-state index in [1.165, 1.54) is 11.3 Å². The Hall–Kier alpha value is -0.910. The van der Waals surface area contributed by atoms with E-state index in [4.69, 9.17) is 9.47 Å². The standard InChI is InChI=1S/C16H23NO3S/c1-19-11-13-12-20-9-6-16(13)4-7-17(8-5-16)15(18)14-3-2-10-21-14/h2-3,10,13H,4-9,11-12H2,1H3/t13-/m0/s1. The Bertz CT molecular complexity index is 464. The maximum atomic E-state index is 12.4. The van der Waals surface area contributed by atoms with E-state index in [0.717, 1.165) is 57.0 Å². The zero-order valence-corrected chi connectivity index (χ0v) is 13.4. The summed E-state index contributed by atoms with van der Waals surface area (Å²) < 4.78 is 11.0. The predicted octanol–water partition coefficient (Wildman–Crippen LogP) is 2.65. The first-order chi connectivity index (χ1) is 10.2. The molecule has 1 aromatic heterocycles. The summed E-state index contributed by atoms with van der Waals surface area (Å²) in [6.45, 7) is 4.12. The van der Waals surface area contributed by atoms with Gasteiger partial charge in [0.15, 0.2) is 0 Å². The average molecular weight is 309 g/mol. The molecule has 1 atom stereocenters. The van der Waals surface area contributed by atoms with E-state index in [1.54, 1.807) is 7.11 Å². The molecule has 0 radical (unpaired) electrons. The molecule has 0 unspecified atom stereocenters. The van der Waals surface area contributed by atoms with E-state index in [0.29, 0.717) is 11.3 Å². The summed E-state index contributed by atoms with van der Waals surface area (Å²) >= 11 is 1.53. The SMILES string of the molecule is COC[C@H]1COCCC12CCN(C(=O)c1cccs1)CC2. The predicted molar refractivity (Wildman–Crippen MR) is 82.7 cm³/mol. The number of likely N-dealkylation sites (tertiary alicyclic amines) is 1. The van der Waals surface area contributed by atoms with Crippen LogP contribution in [0.25, 0.3) is 0 Å². The van der Waals surface area contributed by atoms with Crippen LogP contribution in [0.5, 0.6) is 0 Å². The van der Waals surface area contributed by atoms with Crippen LogP contribution in [0.4, 0.5) is 0 Å². The van der Waals surface area contributed by atoms with Gasteiger partial charge < -0.3 is 14.4 Å². The molecule has 3 rings (SSSR count). The van der Waals surface area contributed by atoms with Gasteiger partial charge in [0.05, 0.1) is 18.1 Å². The van der Waals surface area contributed by atoms with Gasteiger partial charge in [-0.3, -0.25) is 4.79 Å². The minimum Gasteiger partial charge on any atom is -0.384 e. The van der Waals surface area contributed by atoms with Gasteiger partial charge in [-0.1, -0.05) is 6.07 Å². The molecule has 2 aliphatic heterocycles. The van der Waals surface area contributed by atoms with E-state index in [-0.39, 0.29) is 5.91 Å². The number of ether oxygens (including phenoxy) is 2. The third-order valence-electron chi connectivity index (χ3n) is 5.08. The first-order valence-electron chi connectivity index (χ1n) is 7.65. The van der Waals surface area contributed by atoms with Gasteiger partial charge in [0, 0.05) is 32.7 Å². The smallest absolute Gasteiger partial charge is 0.263 e. The molecule has 0 N–H and O–H groups in total. The quantitative estimate of drug-likeness (QED) is 0.861. The van der Waals surface area contributed by atoms with Gasteiger partial charge in [-0.2, -0.15) is 0 Å². The minimum absolute atomic E-state index is 0.190. The molecule has 21 heavy (non-hydrogen) atoms. The van der Waals surface area contributed by atoms with Gasteiger partial charge in [-0.25, -0.2) is 0 Å². The van der Waals surface area contributed by atoms with Crippen LogP contribution >= 0.6 is 11.3 Å². The van der Waals surface area contributed by atoms with Crippen molar-refractivity contribution < 1.29 is 14.3 Å². The Morgan fingerprint density at radius 2 is 2.29 bits per heavy atom. The summed E-state index contributed by atoms with van der Waals surface area (Å²) in [7, 11) is 1.76. The molecule has 0 aliphatic carbocycles. The summed E-state index contributed by atoms with van der Waals surface area (Å²) in [5, 5.41) is 1.96. The number of thiophene rings is 1. The van der Waals surface area contributed by atoms with Crippen molar-refractivity contribution in [2.24, 2.45) is 11.3 Å². The molecule has 1 amide bonds. The number of nitrogens with zero attached hydrogens (tertiary/aromatic N) is 1. The topological polar surface area (TPSA) is 38.8 Å². The number of piperidine rings is 1. The average Bonchev–Trinajstić information content (AvgIpc) is 3.04. The van der Waals surface area contributed by atoms with Crippen molar-refractivity contribution >= 4 is 17.2 Å². The molecule has 2 aliphatic rings. The summed E-state index contributed by atoms with van der Waals surface area (Å²) in [5.74, 6) is 0.658. The highest BCUT2D eigenvalue weighted by Crippen LogP contribution is 2.45. The molecule has 0 aromatic carbocycles. The fraction of sp³-hybridized carbons (Fsp3) is 0.688. The molecular weight excluding hydrogens is 286 g/mol. The molecular formula is C16H23NO3S. The highest BCUT2D eigenvalue weighted by atomic mass is 32.1. The summed E-state index contributed by atoms with van der Waals surface area (Å²) in [6, 6.07) is 3.86. The molecule has 1 spiro atoms. The first-order valence-corrected chi connectivity index (χ1v) is 8.53. The highest BCUT2D eigenvalue weighted by molar-refractivity contribution is 7.12. The first kappa shape index (κ1) is 15.0. The Morgan fingerprint density at radius 3 is 2.95 bits per heavy atom. The van der Waals surface area contributed by atoms with Crippen LogP contribution in [0, 0.1) is 11.3 Å². The van der Waals surface area contributed by atoms with E-state index in [2.05, 4.69) is 0 Å². The second kappa shape index (κ2) is 6.46. The van der Waals surface area contributed by atoms with Gasteiger partial charge >= 0.3 is 0 Å². The minimum atomic E-state index is 0.190. The van der Waals surface area contributed by atoms with Crippen molar-refractivity contribution in [3.8, 4) is 0 Å². The lowest BCUT2D eigenvalue weighted by atomic mass is 9.66. The van der Waals surface area contributed by atoms with E-state index < -0.39 is 0 Å². The van der Waals surface area contributed by atoms with Crippen molar-refractivity contribution in [2.75, 3.05) is 40.0 Å². The van der Waals surface area contributed by atoms with Crippen LogP contribution in [-0.2, 0) is 9.47 Å². The monoisotopic (exact) mass is 309 g/mol. The molecule has 116 valence electrons. The van der Waals surface area contributed by atoms with Crippen molar-refractivity contribution in [1.29, 1.82) is 0 Å². The van der Waals surface area contributed by atoms with Crippen LogP contribution in [0.3, 0.4) is 0 Å². The molecule has 5 heteroatoms. The van der Waals surface area contributed by atoms with Crippen molar-refractivity contribution in [3.05, 3.63) is 22.4 Å². The zero-order chi connectivity index (χ0) is 14.7. The second-order valence-corrected chi connectivity index (χ2v) is 7.06.